The molecule has 74 valence electrons. The molecule has 0 spiro atoms. The van der Waals surface area contributed by atoms with E-state index in [0.717, 1.165) is 25.7 Å². The Hall–Kier alpha value is -0.830. The van der Waals surface area contributed by atoms with Gasteiger partial charge >= 0.3 is 5.97 Å². The van der Waals surface area contributed by atoms with Crippen molar-refractivity contribution >= 4 is 5.97 Å². The molecule has 0 atom stereocenters. The van der Waals surface area contributed by atoms with Crippen molar-refractivity contribution in [2.45, 2.75) is 25.7 Å². The van der Waals surface area contributed by atoms with E-state index in [2.05, 4.69) is 6.08 Å². The largest absolute Gasteiger partial charge is 0.481 e. The molecule has 3 heteroatoms. The Labute approximate surface area is 78.4 Å². The average molecular weight is 184 g/mol. The van der Waals surface area contributed by atoms with Gasteiger partial charge in [0.1, 0.15) is 0 Å². The highest BCUT2D eigenvalue weighted by molar-refractivity contribution is 5.70. The summed E-state index contributed by atoms with van der Waals surface area (Å²) in [6.45, 7) is 0.646. The number of carbonyl (C=O) groups is 1. The molecule has 13 heavy (non-hydrogen) atoms. The standard InChI is InChI=1S/C10H16O3/c1-13-7-6-8-2-4-9(5-3-8)10(11)12/h6,9H,2-5,7H2,1H3,(H,11,12). The van der Waals surface area contributed by atoms with E-state index in [1.807, 2.05) is 0 Å². The number of hydrogen-bond acceptors (Lipinski definition) is 2. The van der Waals surface area contributed by atoms with Crippen molar-refractivity contribution < 1.29 is 14.6 Å². The molecule has 0 aromatic rings. The Kier molecular flexibility index (Phi) is 3.96. The molecule has 0 amide bonds. The molecule has 1 fully saturated rings. The lowest BCUT2D eigenvalue weighted by molar-refractivity contribution is -0.142. The molecule has 1 aliphatic rings. The number of aliphatic carboxylic acids is 1. The first-order valence-corrected chi connectivity index (χ1v) is 4.63. The summed E-state index contributed by atoms with van der Waals surface area (Å²) in [5.74, 6) is -0.773. The number of allylic oxidation sites excluding steroid dienone is 1. The van der Waals surface area contributed by atoms with Gasteiger partial charge in [-0.25, -0.2) is 0 Å². The lowest BCUT2D eigenvalue weighted by Crippen LogP contribution is -2.17. The summed E-state index contributed by atoms with van der Waals surface area (Å²) in [7, 11) is 1.67. The van der Waals surface area contributed by atoms with Crippen molar-refractivity contribution in [1.82, 2.24) is 0 Å². The number of methoxy groups -OCH3 is 1. The van der Waals surface area contributed by atoms with E-state index in [1.165, 1.54) is 5.57 Å². The number of rotatable bonds is 3. The summed E-state index contributed by atoms with van der Waals surface area (Å²) in [5.41, 5.74) is 1.35. The van der Waals surface area contributed by atoms with Gasteiger partial charge in [0.05, 0.1) is 12.5 Å². The van der Waals surface area contributed by atoms with Crippen LogP contribution in [0, 0.1) is 5.92 Å². The third kappa shape index (κ3) is 3.19. The van der Waals surface area contributed by atoms with Gasteiger partial charge in [0.25, 0.3) is 0 Å². The highest BCUT2D eigenvalue weighted by atomic mass is 16.5. The molecule has 1 N–H and O–H groups in total. The first kappa shape index (κ1) is 10.3. The number of hydrogen-bond donors (Lipinski definition) is 1. The summed E-state index contributed by atoms with van der Waals surface area (Å²) < 4.78 is 4.93. The van der Waals surface area contributed by atoms with Gasteiger partial charge < -0.3 is 9.84 Å². The van der Waals surface area contributed by atoms with Crippen LogP contribution in [0.4, 0.5) is 0 Å². The topological polar surface area (TPSA) is 46.5 Å². The van der Waals surface area contributed by atoms with E-state index >= 15 is 0 Å². The van der Waals surface area contributed by atoms with Crippen LogP contribution >= 0.6 is 0 Å². The summed E-state index contributed by atoms with van der Waals surface area (Å²) in [6, 6.07) is 0. The second kappa shape index (κ2) is 5.02. The quantitative estimate of drug-likeness (QED) is 0.681. The Morgan fingerprint density at radius 1 is 1.62 bits per heavy atom. The SMILES string of the molecule is COCC=C1CCC(C(=O)O)CC1. The van der Waals surface area contributed by atoms with Crippen molar-refractivity contribution in [1.29, 1.82) is 0 Å². The Balaban J connectivity index is 2.34. The molecule has 3 nitrogen and oxygen atoms in total. The molecule has 0 unspecified atom stereocenters. The number of carboxylic acids is 1. The van der Waals surface area contributed by atoms with Crippen LogP contribution in [0.3, 0.4) is 0 Å². The fraction of sp³-hybridized carbons (Fsp3) is 0.700. The zero-order chi connectivity index (χ0) is 9.68. The van der Waals surface area contributed by atoms with Crippen LogP contribution in [-0.2, 0) is 9.53 Å². The van der Waals surface area contributed by atoms with Crippen LogP contribution in [0.2, 0.25) is 0 Å². The molecule has 1 aliphatic carbocycles. The molecule has 0 aromatic carbocycles. The lowest BCUT2D eigenvalue weighted by atomic mass is 9.86. The molecule has 0 aliphatic heterocycles. The highest BCUT2D eigenvalue weighted by Gasteiger charge is 2.21. The lowest BCUT2D eigenvalue weighted by Gasteiger charge is -2.20. The number of carboxylic acid groups (broad SMARTS) is 1. The fourth-order valence-corrected chi connectivity index (χ4v) is 1.64. The molecule has 0 aromatic heterocycles. The zero-order valence-electron chi connectivity index (χ0n) is 7.95. The van der Waals surface area contributed by atoms with Gasteiger partial charge in [-0.2, -0.15) is 0 Å². The van der Waals surface area contributed by atoms with Gasteiger partial charge in [-0.15, -0.1) is 0 Å². The Bertz CT molecular complexity index is 198. The maximum absolute atomic E-state index is 10.6. The summed E-state index contributed by atoms with van der Waals surface area (Å²) in [4.78, 5) is 10.6. The summed E-state index contributed by atoms with van der Waals surface area (Å²) in [6.07, 6.45) is 5.47. The minimum atomic E-state index is -0.647. The second-order valence-corrected chi connectivity index (χ2v) is 3.43. The van der Waals surface area contributed by atoms with Gasteiger partial charge in [-0.05, 0) is 25.7 Å². The average Bonchev–Trinajstić information content (AvgIpc) is 2.15. The molecular weight excluding hydrogens is 168 g/mol. The highest BCUT2D eigenvalue weighted by Crippen LogP contribution is 2.27. The van der Waals surface area contributed by atoms with Gasteiger partial charge in [0.15, 0.2) is 0 Å². The van der Waals surface area contributed by atoms with Crippen molar-refractivity contribution in [2.24, 2.45) is 5.92 Å². The van der Waals surface area contributed by atoms with E-state index < -0.39 is 5.97 Å². The van der Waals surface area contributed by atoms with Crippen molar-refractivity contribution in [3.05, 3.63) is 11.6 Å². The minimum Gasteiger partial charge on any atom is -0.481 e. The molecule has 0 heterocycles. The van der Waals surface area contributed by atoms with Gasteiger partial charge in [-0.3, -0.25) is 4.79 Å². The van der Waals surface area contributed by atoms with E-state index in [-0.39, 0.29) is 5.92 Å². The predicted octanol–water partition coefficient (Wildman–Crippen LogP) is 1.83. The fourth-order valence-electron chi connectivity index (χ4n) is 1.64. The van der Waals surface area contributed by atoms with Gasteiger partial charge in [-0.1, -0.05) is 11.6 Å². The van der Waals surface area contributed by atoms with Crippen LogP contribution in [0.1, 0.15) is 25.7 Å². The van der Waals surface area contributed by atoms with Crippen molar-refractivity contribution in [3.63, 3.8) is 0 Å². The van der Waals surface area contributed by atoms with E-state index in [1.54, 1.807) is 7.11 Å². The zero-order valence-corrected chi connectivity index (χ0v) is 7.95. The van der Waals surface area contributed by atoms with Crippen molar-refractivity contribution in [2.75, 3.05) is 13.7 Å². The second-order valence-electron chi connectivity index (χ2n) is 3.43. The first-order valence-electron chi connectivity index (χ1n) is 4.63. The minimum absolute atomic E-state index is 0.125. The normalized spacial score (nSPS) is 22.8. The maximum Gasteiger partial charge on any atom is 0.306 e. The van der Waals surface area contributed by atoms with E-state index in [9.17, 15) is 4.79 Å². The van der Waals surface area contributed by atoms with Crippen LogP contribution in [0.15, 0.2) is 11.6 Å². The van der Waals surface area contributed by atoms with Crippen molar-refractivity contribution in [3.8, 4) is 0 Å². The summed E-state index contributed by atoms with van der Waals surface area (Å²) in [5, 5.41) is 8.76. The molecule has 0 radical (unpaired) electrons. The number of ether oxygens (including phenoxy) is 1. The Morgan fingerprint density at radius 2 is 2.23 bits per heavy atom. The van der Waals surface area contributed by atoms with Crippen LogP contribution in [0.25, 0.3) is 0 Å². The molecular formula is C10H16O3. The Morgan fingerprint density at radius 3 is 2.69 bits per heavy atom. The van der Waals surface area contributed by atoms with Crippen LogP contribution < -0.4 is 0 Å². The monoisotopic (exact) mass is 184 g/mol. The first-order chi connectivity index (χ1) is 6.24. The van der Waals surface area contributed by atoms with Gasteiger partial charge in [0, 0.05) is 7.11 Å². The smallest absolute Gasteiger partial charge is 0.306 e. The molecule has 0 saturated heterocycles. The molecule has 1 saturated carbocycles. The molecule has 0 bridgehead atoms. The third-order valence-electron chi connectivity index (χ3n) is 2.52. The maximum atomic E-state index is 10.6. The van der Waals surface area contributed by atoms with E-state index in [0.29, 0.717) is 6.61 Å². The van der Waals surface area contributed by atoms with E-state index in [4.69, 9.17) is 9.84 Å². The summed E-state index contributed by atoms with van der Waals surface area (Å²) >= 11 is 0. The predicted molar refractivity (Wildman–Crippen MR) is 49.6 cm³/mol. The van der Waals surface area contributed by atoms with Crippen LogP contribution in [0.5, 0.6) is 0 Å². The van der Waals surface area contributed by atoms with Crippen LogP contribution in [-0.4, -0.2) is 24.8 Å². The third-order valence-corrected chi connectivity index (χ3v) is 2.52. The van der Waals surface area contributed by atoms with Gasteiger partial charge in [0.2, 0.25) is 0 Å². The molecule has 1 rings (SSSR count).